The number of hydrogen-bond acceptors (Lipinski definition) is 3. The first kappa shape index (κ1) is 20.6. The monoisotopic (exact) mass is 400 g/mol. The van der Waals surface area contributed by atoms with Gasteiger partial charge in [0.05, 0.1) is 5.25 Å². The second-order valence-corrected chi connectivity index (χ2v) is 10.0. The number of sulfonamides is 1. The Morgan fingerprint density at radius 1 is 0.964 bits per heavy atom. The first-order valence-electron chi connectivity index (χ1n) is 9.75. The number of nitrogens with one attached hydrogen (secondary N) is 2. The lowest BCUT2D eigenvalue weighted by Gasteiger charge is -2.23. The number of carbonyl (C=O) groups is 1. The summed E-state index contributed by atoms with van der Waals surface area (Å²) >= 11 is 0. The second-order valence-electron chi connectivity index (χ2n) is 7.74. The van der Waals surface area contributed by atoms with Gasteiger partial charge in [0.15, 0.2) is 0 Å². The van der Waals surface area contributed by atoms with E-state index in [0.717, 1.165) is 36.1 Å². The van der Waals surface area contributed by atoms with Gasteiger partial charge in [-0.15, -0.1) is 0 Å². The Morgan fingerprint density at radius 3 is 2.07 bits per heavy atom. The van der Waals surface area contributed by atoms with Crippen LogP contribution in [0, 0.1) is 0 Å². The molecule has 0 bridgehead atoms. The normalized spacial score (nSPS) is 19.7. The third kappa shape index (κ3) is 4.80. The van der Waals surface area contributed by atoms with Crippen molar-refractivity contribution in [2.45, 2.75) is 57.2 Å². The molecule has 150 valence electrons. The summed E-state index contributed by atoms with van der Waals surface area (Å²) in [6.07, 6.45) is 2.90. The molecule has 5 nitrogen and oxygen atoms in total. The van der Waals surface area contributed by atoms with Gasteiger partial charge in [0.1, 0.15) is 0 Å². The molecule has 2 atom stereocenters. The first-order chi connectivity index (χ1) is 13.3. The van der Waals surface area contributed by atoms with Crippen LogP contribution in [-0.2, 0) is 14.8 Å². The second kappa shape index (κ2) is 8.45. The predicted octanol–water partition coefficient (Wildman–Crippen LogP) is 4.28. The molecular weight excluding hydrogens is 372 g/mol. The molecule has 28 heavy (non-hydrogen) atoms. The molecule has 1 fully saturated rings. The van der Waals surface area contributed by atoms with Gasteiger partial charge in [-0.3, -0.25) is 4.79 Å². The highest BCUT2D eigenvalue weighted by Crippen LogP contribution is 2.36. The van der Waals surface area contributed by atoms with Crippen LogP contribution in [0.1, 0.15) is 51.5 Å². The molecule has 0 aliphatic heterocycles. The van der Waals surface area contributed by atoms with Gasteiger partial charge < -0.3 is 5.32 Å². The molecule has 2 N–H and O–H groups in total. The first-order valence-corrected chi connectivity index (χ1v) is 11.3. The Labute approximate surface area is 167 Å². The molecule has 0 aromatic heterocycles. The van der Waals surface area contributed by atoms with Crippen LogP contribution < -0.4 is 10.0 Å². The maximum atomic E-state index is 12.3. The van der Waals surface area contributed by atoms with Crippen LogP contribution in [0.15, 0.2) is 48.5 Å². The summed E-state index contributed by atoms with van der Waals surface area (Å²) in [4.78, 5) is 11.1. The highest BCUT2D eigenvalue weighted by molar-refractivity contribution is 7.90. The lowest BCUT2D eigenvalue weighted by molar-refractivity contribution is -0.114. The average Bonchev–Trinajstić information content (AvgIpc) is 3.09. The summed E-state index contributed by atoms with van der Waals surface area (Å²) in [6, 6.07) is 16.1. The average molecular weight is 401 g/mol. The summed E-state index contributed by atoms with van der Waals surface area (Å²) < 4.78 is 27.4. The molecule has 0 spiro atoms. The number of benzene rings is 2. The van der Waals surface area contributed by atoms with E-state index in [2.05, 4.69) is 34.3 Å². The lowest BCUT2D eigenvalue weighted by atomic mass is 9.93. The molecule has 2 aromatic carbocycles. The third-order valence-electron chi connectivity index (χ3n) is 5.33. The van der Waals surface area contributed by atoms with Crippen LogP contribution in [0.5, 0.6) is 0 Å². The minimum Gasteiger partial charge on any atom is -0.326 e. The van der Waals surface area contributed by atoms with Gasteiger partial charge in [0.2, 0.25) is 15.9 Å². The van der Waals surface area contributed by atoms with Crippen LogP contribution >= 0.6 is 0 Å². The number of hydrogen-bond donors (Lipinski definition) is 2. The quantitative estimate of drug-likeness (QED) is 0.760. The zero-order valence-electron chi connectivity index (χ0n) is 16.6. The zero-order chi connectivity index (χ0) is 20.3. The van der Waals surface area contributed by atoms with Crippen LogP contribution in [0.3, 0.4) is 0 Å². The van der Waals surface area contributed by atoms with Crippen molar-refractivity contribution in [1.29, 1.82) is 0 Å². The van der Waals surface area contributed by atoms with Crippen molar-refractivity contribution in [3.63, 3.8) is 0 Å². The van der Waals surface area contributed by atoms with Gasteiger partial charge in [-0.2, -0.15) is 0 Å². The van der Waals surface area contributed by atoms with Crippen molar-refractivity contribution in [2.75, 3.05) is 5.32 Å². The summed E-state index contributed by atoms with van der Waals surface area (Å²) in [6.45, 7) is 4.90. The van der Waals surface area contributed by atoms with Crippen molar-refractivity contribution in [3.8, 4) is 11.1 Å². The van der Waals surface area contributed by atoms with E-state index < -0.39 is 15.3 Å². The third-order valence-corrected chi connectivity index (χ3v) is 7.20. The van der Waals surface area contributed by atoms with Crippen LogP contribution in [0.4, 0.5) is 5.69 Å². The van der Waals surface area contributed by atoms with E-state index in [1.54, 1.807) is 13.8 Å². The molecular formula is C22H28N2O3S. The fourth-order valence-electron chi connectivity index (χ4n) is 3.72. The molecule has 0 radical (unpaired) electrons. The van der Waals surface area contributed by atoms with Crippen molar-refractivity contribution >= 4 is 21.6 Å². The minimum absolute atomic E-state index is 0.0322. The van der Waals surface area contributed by atoms with E-state index in [1.165, 1.54) is 12.5 Å². The number of carbonyl (C=O) groups excluding carboxylic acids is 1. The van der Waals surface area contributed by atoms with E-state index in [0.29, 0.717) is 0 Å². The lowest BCUT2D eigenvalue weighted by Crippen LogP contribution is -2.40. The molecule has 2 unspecified atom stereocenters. The maximum absolute atomic E-state index is 12.3. The van der Waals surface area contributed by atoms with Crippen molar-refractivity contribution in [2.24, 2.45) is 0 Å². The van der Waals surface area contributed by atoms with Gasteiger partial charge in [0, 0.05) is 24.6 Å². The summed E-state index contributed by atoms with van der Waals surface area (Å²) in [5.74, 6) is 0.126. The van der Waals surface area contributed by atoms with Crippen LogP contribution in [0.25, 0.3) is 11.1 Å². The number of amides is 1. The van der Waals surface area contributed by atoms with E-state index in [-0.39, 0.29) is 17.9 Å². The van der Waals surface area contributed by atoms with Gasteiger partial charge in [-0.25, -0.2) is 13.1 Å². The van der Waals surface area contributed by atoms with Crippen molar-refractivity contribution in [1.82, 2.24) is 4.72 Å². The summed E-state index contributed by atoms with van der Waals surface area (Å²) in [5.41, 5.74) is 4.12. The summed E-state index contributed by atoms with van der Waals surface area (Å²) in [7, 11) is -3.27. The fraction of sp³-hybridized carbons (Fsp3) is 0.409. The van der Waals surface area contributed by atoms with Crippen LogP contribution in [-0.4, -0.2) is 25.6 Å². The molecule has 1 amide bonds. The fourth-order valence-corrected chi connectivity index (χ4v) is 4.70. The Bertz CT molecular complexity index is 919. The number of rotatable bonds is 6. The molecule has 2 aromatic rings. The van der Waals surface area contributed by atoms with Crippen molar-refractivity contribution < 1.29 is 13.2 Å². The van der Waals surface area contributed by atoms with Gasteiger partial charge in [-0.05, 0) is 55.5 Å². The van der Waals surface area contributed by atoms with E-state index in [4.69, 9.17) is 0 Å². The van der Waals surface area contributed by atoms with E-state index in [9.17, 15) is 13.2 Å². The Hall–Kier alpha value is -2.18. The molecule has 0 saturated heterocycles. The van der Waals surface area contributed by atoms with Crippen LogP contribution in [0.2, 0.25) is 0 Å². The molecule has 1 saturated carbocycles. The molecule has 1 aliphatic rings. The molecule has 0 heterocycles. The highest BCUT2D eigenvalue weighted by atomic mass is 32.2. The van der Waals surface area contributed by atoms with Gasteiger partial charge in [-0.1, -0.05) is 42.8 Å². The Morgan fingerprint density at radius 2 is 1.54 bits per heavy atom. The maximum Gasteiger partial charge on any atom is 0.221 e. The smallest absolute Gasteiger partial charge is 0.221 e. The Balaban J connectivity index is 1.74. The standard InChI is InChI=1S/C22H28N2O3S/c1-15(2)28(26,27)24-22-6-4-5-21(22)19-9-7-17(8-10-19)18-11-13-20(14-12-18)23-16(3)25/h7-15,21-22,24H,4-6H2,1-3H3,(H,23,25). The summed E-state index contributed by atoms with van der Waals surface area (Å²) in [5, 5.41) is 2.35. The van der Waals surface area contributed by atoms with Gasteiger partial charge in [0.25, 0.3) is 0 Å². The molecule has 6 heteroatoms. The van der Waals surface area contributed by atoms with Gasteiger partial charge >= 0.3 is 0 Å². The highest BCUT2D eigenvalue weighted by Gasteiger charge is 2.32. The topological polar surface area (TPSA) is 75.3 Å². The number of anilines is 1. The largest absolute Gasteiger partial charge is 0.326 e. The Kier molecular flexibility index (Phi) is 6.20. The van der Waals surface area contributed by atoms with E-state index >= 15 is 0 Å². The van der Waals surface area contributed by atoms with Crippen molar-refractivity contribution in [3.05, 3.63) is 54.1 Å². The SMILES string of the molecule is CC(=O)Nc1ccc(-c2ccc(C3CCCC3NS(=O)(=O)C(C)C)cc2)cc1. The minimum atomic E-state index is -3.27. The predicted molar refractivity (Wildman–Crippen MR) is 114 cm³/mol. The van der Waals surface area contributed by atoms with E-state index in [1.807, 2.05) is 24.3 Å². The molecule has 3 rings (SSSR count). The zero-order valence-corrected chi connectivity index (χ0v) is 17.4. The molecule has 1 aliphatic carbocycles.